The van der Waals surface area contributed by atoms with Crippen LogP contribution in [0, 0.1) is 0 Å². The van der Waals surface area contributed by atoms with Gasteiger partial charge < -0.3 is 4.74 Å². The number of nitrogens with zero attached hydrogens (tertiary/aromatic N) is 3. The Morgan fingerprint density at radius 1 is 0.905 bits per heavy atom. The highest BCUT2D eigenvalue weighted by Crippen LogP contribution is 2.06. The lowest BCUT2D eigenvalue weighted by atomic mass is 10.3. The Morgan fingerprint density at radius 3 is 2.00 bits per heavy atom. The zero-order valence-corrected chi connectivity index (χ0v) is 12.6. The van der Waals surface area contributed by atoms with Gasteiger partial charge in [0.25, 0.3) is 0 Å². The number of ether oxygens (including phenoxy) is 1. The number of hydrogen-bond acceptors (Lipinski definition) is 4. The molecule has 2 aromatic rings. The molecule has 112 valence electrons. The van der Waals surface area contributed by atoms with Gasteiger partial charge in [-0.3, -0.25) is 14.9 Å². The second-order valence-electron chi connectivity index (χ2n) is 4.97. The lowest BCUT2D eigenvalue weighted by Gasteiger charge is -2.21. The largest absolute Gasteiger partial charge is 0.380 e. The lowest BCUT2D eigenvalue weighted by molar-refractivity contribution is 0.0980. The van der Waals surface area contributed by atoms with Crippen molar-refractivity contribution in [3.05, 3.63) is 60.2 Å². The van der Waals surface area contributed by atoms with Crippen LogP contribution in [-0.2, 0) is 17.8 Å². The van der Waals surface area contributed by atoms with Crippen molar-refractivity contribution in [1.29, 1.82) is 0 Å². The minimum Gasteiger partial charge on any atom is -0.380 e. The minimum atomic E-state index is 0.744. The summed E-state index contributed by atoms with van der Waals surface area (Å²) in [7, 11) is 0. The smallest absolute Gasteiger partial charge is 0.0593 e. The Balaban J connectivity index is 1.93. The van der Waals surface area contributed by atoms with Crippen molar-refractivity contribution in [3.8, 4) is 0 Å². The molecular formula is C17H23N3O. The third-order valence-electron chi connectivity index (χ3n) is 3.12. The van der Waals surface area contributed by atoms with Crippen LogP contribution in [0.25, 0.3) is 0 Å². The van der Waals surface area contributed by atoms with Crippen LogP contribution in [0.4, 0.5) is 0 Å². The van der Waals surface area contributed by atoms with E-state index in [-0.39, 0.29) is 0 Å². The van der Waals surface area contributed by atoms with Gasteiger partial charge in [0.15, 0.2) is 0 Å². The SMILES string of the molecule is CCCOCCN(Cc1ccccn1)Cc1ccccn1. The van der Waals surface area contributed by atoms with Crippen LogP contribution in [0.3, 0.4) is 0 Å². The van der Waals surface area contributed by atoms with Crippen LogP contribution in [0.5, 0.6) is 0 Å². The molecule has 0 fully saturated rings. The van der Waals surface area contributed by atoms with Crippen molar-refractivity contribution in [2.75, 3.05) is 19.8 Å². The molecule has 0 aliphatic rings. The highest BCUT2D eigenvalue weighted by molar-refractivity contribution is 5.06. The maximum atomic E-state index is 5.61. The summed E-state index contributed by atoms with van der Waals surface area (Å²) in [4.78, 5) is 11.1. The average molecular weight is 285 g/mol. The van der Waals surface area contributed by atoms with E-state index in [2.05, 4.69) is 33.9 Å². The predicted octanol–water partition coefficient (Wildman–Crippen LogP) is 2.91. The van der Waals surface area contributed by atoms with E-state index >= 15 is 0 Å². The molecule has 0 saturated carbocycles. The van der Waals surface area contributed by atoms with Gasteiger partial charge in [0.1, 0.15) is 0 Å². The first kappa shape index (κ1) is 15.6. The first-order valence-corrected chi connectivity index (χ1v) is 7.48. The molecule has 0 spiro atoms. The van der Waals surface area contributed by atoms with Crippen molar-refractivity contribution in [1.82, 2.24) is 14.9 Å². The molecule has 4 heteroatoms. The van der Waals surface area contributed by atoms with E-state index in [9.17, 15) is 0 Å². The van der Waals surface area contributed by atoms with Crippen molar-refractivity contribution in [2.24, 2.45) is 0 Å². The predicted molar refractivity (Wildman–Crippen MR) is 83.7 cm³/mol. The molecule has 4 nitrogen and oxygen atoms in total. The molecule has 0 unspecified atom stereocenters. The van der Waals surface area contributed by atoms with E-state index in [0.29, 0.717) is 0 Å². The van der Waals surface area contributed by atoms with E-state index in [4.69, 9.17) is 4.74 Å². The standard InChI is InChI=1S/C17H23N3O/c1-2-12-21-13-11-20(14-16-7-3-5-9-18-16)15-17-8-4-6-10-19-17/h3-10H,2,11-15H2,1H3. The molecule has 0 radical (unpaired) electrons. The third kappa shape index (κ3) is 6.02. The fourth-order valence-corrected chi connectivity index (χ4v) is 2.10. The van der Waals surface area contributed by atoms with Gasteiger partial charge in [-0.1, -0.05) is 19.1 Å². The van der Waals surface area contributed by atoms with Gasteiger partial charge in [-0.25, -0.2) is 0 Å². The first-order chi connectivity index (χ1) is 10.4. The van der Waals surface area contributed by atoms with Gasteiger partial charge in [0.2, 0.25) is 0 Å². The van der Waals surface area contributed by atoms with Gasteiger partial charge in [-0.05, 0) is 30.7 Å². The molecule has 0 bridgehead atoms. The van der Waals surface area contributed by atoms with E-state index in [0.717, 1.165) is 50.7 Å². The molecule has 0 aliphatic heterocycles. The fraction of sp³-hybridized carbons (Fsp3) is 0.412. The average Bonchev–Trinajstić information content (AvgIpc) is 2.53. The summed E-state index contributed by atoms with van der Waals surface area (Å²) in [6.45, 7) is 6.20. The first-order valence-electron chi connectivity index (χ1n) is 7.48. The van der Waals surface area contributed by atoms with E-state index < -0.39 is 0 Å². The second kappa shape index (κ2) is 9.21. The monoisotopic (exact) mass is 285 g/mol. The zero-order valence-electron chi connectivity index (χ0n) is 12.6. The van der Waals surface area contributed by atoms with Crippen LogP contribution < -0.4 is 0 Å². The van der Waals surface area contributed by atoms with E-state index in [1.165, 1.54) is 0 Å². The van der Waals surface area contributed by atoms with Crippen LogP contribution in [-0.4, -0.2) is 34.6 Å². The van der Waals surface area contributed by atoms with Crippen LogP contribution in [0.1, 0.15) is 24.7 Å². The Bertz CT molecular complexity index is 448. The molecule has 0 amide bonds. The fourth-order valence-electron chi connectivity index (χ4n) is 2.10. The van der Waals surface area contributed by atoms with Crippen molar-refractivity contribution in [3.63, 3.8) is 0 Å². The van der Waals surface area contributed by atoms with Gasteiger partial charge in [0.05, 0.1) is 18.0 Å². The molecule has 21 heavy (non-hydrogen) atoms. The van der Waals surface area contributed by atoms with Gasteiger partial charge in [-0.2, -0.15) is 0 Å². The van der Waals surface area contributed by atoms with Crippen molar-refractivity contribution < 1.29 is 4.74 Å². The molecule has 2 rings (SSSR count). The zero-order chi connectivity index (χ0) is 14.8. The molecule has 0 saturated heterocycles. The summed E-state index contributed by atoms with van der Waals surface area (Å²) in [5.74, 6) is 0. The quantitative estimate of drug-likeness (QED) is 0.664. The molecule has 0 atom stereocenters. The van der Waals surface area contributed by atoms with E-state index in [1.807, 2.05) is 36.7 Å². The maximum absolute atomic E-state index is 5.61. The normalized spacial score (nSPS) is 11.0. The molecule has 0 N–H and O–H groups in total. The third-order valence-corrected chi connectivity index (χ3v) is 3.12. The minimum absolute atomic E-state index is 0.744. The molecule has 2 heterocycles. The molecule has 2 aromatic heterocycles. The Kier molecular flexibility index (Phi) is 6.84. The Morgan fingerprint density at radius 2 is 1.52 bits per heavy atom. The number of pyridine rings is 2. The van der Waals surface area contributed by atoms with Gasteiger partial charge in [0, 0.05) is 38.6 Å². The molecule has 0 aromatic carbocycles. The van der Waals surface area contributed by atoms with Crippen molar-refractivity contribution in [2.45, 2.75) is 26.4 Å². The summed E-state index contributed by atoms with van der Waals surface area (Å²) in [6, 6.07) is 12.0. The number of rotatable bonds is 9. The summed E-state index contributed by atoms with van der Waals surface area (Å²) in [5, 5.41) is 0. The maximum Gasteiger partial charge on any atom is 0.0593 e. The Hall–Kier alpha value is -1.78. The van der Waals surface area contributed by atoms with Crippen LogP contribution in [0.2, 0.25) is 0 Å². The number of hydrogen-bond donors (Lipinski definition) is 0. The topological polar surface area (TPSA) is 38.2 Å². The van der Waals surface area contributed by atoms with E-state index in [1.54, 1.807) is 0 Å². The van der Waals surface area contributed by atoms with Gasteiger partial charge >= 0.3 is 0 Å². The van der Waals surface area contributed by atoms with Crippen LogP contribution >= 0.6 is 0 Å². The highest BCUT2D eigenvalue weighted by Gasteiger charge is 2.08. The van der Waals surface area contributed by atoms with Crippen LogP contribution in [0.15, 0.2) is 48.8 Å². The van der Waals surface area contributed by atoms with Crippen molar-refractivity contribution >= 4 is 0 Å². The Labute approximate surface area is 126 Å². The molecule has 0 aliphatic carbocycles. The highest BCUT2D eigenvalue weighted by atomic mass is 16.5. The summed E-state index contributed by atoms with van der Waals surface area (Å²) < 4.78 is 5.61. The summed E-state index contributed by atoms with van der Waals surface area (Å²) in [6.07, 6.45) is 4.73. The van der Waals surface area contributed by atoms with Gasteiger partial charge in [-0.15, -0.1) is 0 Å². The summed E-state index contributed by atoms with van der Waals surface area (Å²) in [5.41, 5.74) is 2.15. The summed E-state index contributed by atoms with van der Waals surface area (Å²) >= 11 is 0. The number of aromatic nitrogens is 2. The second-order valence-corrected chi connectivity index (χ2v) is 4.97. The lowest BCUT2D eigenvalue weighted by Crippen LogP contribution is -2.27. The molecular weight excluding hydrogens is 262 g/mol.